The van der Waals surface area contributed by atoms with Gasteiger partial charge in [0.1, 0.15) is 0 Å². The van der Waals surface area contributed by atoms with E-state index in [0.717, 1.165) is 31.5 Å². The van der Waals surface area contributed by atoms with Crippen molar-refractivity contribution in [3.8, 4) is 6.01 Å². The molecule has 0 saturated carbocycles. The minimum atomic E-state index is 0.107. The highest BCUT2D eigenvalue weighted by Gasteiger charge is 2.18. The molecule has 1 aromatic rings. The molecule has 0 spiro atoms. The maximum atomic E-state index is 11.9. The third-order valence-corrected chi connectivity index (χ3v) is 3.59. The molecular weight excluding hydrogens is 256 g/mol. The van der Waals surface area contributed by atoms with Crippen LogP contribution in [0.1, 0.15) is 24.8 Å². The summed E-state index contributed by atoms with van der Waals surface area (Å²) in [5.74, 6) is 0.107. The van der Waals surface area contributed by atoms with Crippen molar-refractivity contribution in [3.05, 3.63) is 18.0 Å². The molecule has 110 valence electrons. The summed E-state index contributed by atoms with van der Waals surface area (Å²) in [6, 6.07) is 0.676. The minimum Gasteiger partial charge on any atom is -0.467 e. The molecule has 1 N–H and O–H groups in total. The Bertz CT molecular complexity index is 427. The van der Waals surface area contributed by atoms with E-state index in [1.165, 1.54) is 7.11 Å². The van der Waals surface area contributed by atoms with Crippen molar-refractivity contribution < 1.29 is 9.53 Å². The van der Waals surface area contributed by atoms with Crippen LogP contribution in [0.15, 0.2) is 12.4 Å². The van der Waals surface area contributed by atoms with Crippen LogP contribution in [0.3, 0.4) is 0 Å². The lowest BCUT2D eigenvalue weighted by atomic mass is 10.1. The molecular formula is C14H22N4O2. The Morgan fingerprint density at radius 3 is 2.65 bits per heavy atom. The van der Waals surface area contributed by atoms with E-state index in [2.05, 4.69) is 27.2 Å². The predicted molar refractivity (Wildman–Crippen MR) is 75.6 cm³/mol. The molecule has 1 saturated heterocycles. The van der Waals surface area contributed by atoms with Crippen LogP contribution in [-0.4, -0.2) is 54.1 Å². The number of nitrogens with zero attached hydrogens (tertiary/aromatic N) is 3. The second-order valence-electron chi connectivity index (χ2n) is 5.22. The molecule has 1 fully saturated rings. The number of carbonyl (C=O) groups is 1. The van der Waals surface area contributed by atoms with E-state index in [0.29, 0.717) is 24.9 Å². The number of amides is 1. The van der Waals surface area contributed by atoms with Gasteiger partial charge in [-0.25, -0.2) is 9.97 Å². The minimum absolute atomic E-state index is 0.107. The smallest absolute Gasteiger partial charge is 0.316 e. The maximum absolute atomic E-state index is 11.9. The lowest BCUT2D eigenvalue weighted by Crippen LogP contribution is -2.43. The quantitative estimate of drug-likeness (QED) is 0.855. The fourth-order valence-electron chi connectivity index (χ4n) is 2.29. The van der Waals surface area contributed by atoms with Gasteiger partial charge in [0.2, 0.25) is 5.91 Å². The van der Waals surface area contributed by atoms with Crippen LogP contribution < -0.4 is 10.1 Å². The van der Waals surface area contributed by atoms with Crippen LogP contribution in [0, 0.1) is 0 Å². The van der Waals surface area contributed by atoms with Gasteiger partial charge in [0.15, 0.2) is 0 Å². The Labute approximate surface area is 119 Å². The Morgan fingerprint density at radius 2 is 2.05 bits per heavy atom. The molecule has 1 amide bonds. The van der Waals surface area contributed by atoms with Crippen molar-refractivity contribution in [2.24, 2.45) is 0 Å². The highest BCUT2D eigenvalue weighted by Crippen LogP contribution is 2.09. The van der Waals surface area contributed by atoms with Crippen LogP contribution in [0.25, 0.3) is 0 Å². The highest BCUT2D eigenvalue weighted by atomic mass is 16.5. The molecule has 6 nitrogen and oxygen atoms in total. The van der Waals surface area contributed by atoms with Gasteiger partial charge in [-0.05, 0) is 45.0 Å². The van der Waals surface area contributed by atoms with Gasteiger partial charge in [0, 0.05) is 24.9 Å². The summed E-state index contributed by atoms with van der Waals surface area (Å²) in [6.07, 6.45) is 6.61. The number of carbonyl (C=O) groups excluding carboxylic acids is 1. The molecule has 1 aliphatic heterocycles. The Kier molecular flexibility index (Phi) is 5.29. The molecule has 1 aliphatic rings. The summed E-state index contributed by atoms with van der Waals surface area (Å²) in [4.78, 5) is 22.2. The van der Waals surface area contributed by atoms with E-state index >= 15 is 0 Å². The van der Waals surface area contributed by atoms with Gasteiger partial charge < -0.3 is 15.0 Å². The summed E-state index contributed by atoms with van der Waals surface area (Å²) in [5.41, 5.74) is 0.948. The van der Waals surface area contributed by atoms with Gasteiger partial charge in [0.25, 0.3) is 0 Å². The lowest BCUT2D eigenvalue weighted by molar-refractivity contribution is -0.122. The zero-order valence-corrected chi connectivity index (χ0v) is 12.1. The second-order valence-corrected chi connectivity index (χ2v) is 5.22. The zero-order valence-electron chi connectivity index (χ0n) is 12.1. The molecule has 20 heavy (non-hydrogen) atoms. The first-order valence-electron chi connectivity index (χ1n) is 7.00. The van der Waals surface area contributed by atoms with Crippen LogP contribution in [0.2, 0.25) is 0 Å². The largest absolute Gasteiger partial charge is 0.467 e. The summed E-state index contributed by atoms with van der Waals surface area (Å²) < 4.78 is 4.90. The van der Waals surface area contributed by atoms with Crippen LogP contribution >= 0.6 is 0 Å². The number of hydrogen-bond donors (Lipinski definition) is 1. The van der Waals surface area contributed by atoms with Gasteiger partial charge in [-0.2, -0.15) is 0 Å². The number of aryl methyl sites for hydroxylation is 1. The van der Waals surface area contributed by atoms with E-state index in [-0.39, 0.29) is 5.91 Å². The van der Waals surface area contributed by atoms with E-state index < -0.39 is 0 Å². The van der Waals surface area contributed by atoms with Crippen LogP contribution in [0.4, 0.5) is 0 Å². The topological polar surface area (TPSA) is 67.3 Å². The molecule has 0 radical (unpaired) electrons. The van der Waals surface area contributed by atoms with Gasteiger partial charge in [-0.15, -0.1) is 0 Å². The Hall–Kier alpha value is -1.69. The first-order chi connectivity index (χ1) is 9.67. The molecule has 0 atom stereocenters. The number of likely N-dealkylation sites (tertiary alicyclic amines) is 1. The lowest BCUT2D eigenvalue weighted by Gasteiger charge is -2.29. The van der Waals surface area contributed by atoms with Crippen molar-refractivity contribution in [1.29, 1.82) is 0 Å². The third-order valence-electron chi connectivity index (χ3n) is 3.59. The van der Waals surface area contributed by atoms with E-state index in [1.807, 2.05) is 0 Å². The van der Waals surface area contributed by atoms with Gasteiger partial charge in [-0.3, -0.25) is 4.79 Å². The van der Waals surface area contributed by atoms with Crippen molar-refractivity contribution in [3.63, 3.8) is 0 Å². The van der Waals surface area contributed by atoms with Gasteiger partial charge >= 0.3 is 6.01 Å². The van der Waals surface area contributed by atoms with Crippen LogP contribution in [-0.2, 0) is 11.2 Å². The summed E-state index contributed by atoms with van der Waals surface area (Å²) >= 11 is 0. The van der Waals surface area contributed by atoms with E-state index in [9.17, 15) is 4.79 Å². The van der Waals surface area contributed by atoms with Crippen molar-refractivity contribution >= 4 is 5.91 Å². The normalized spacial score (nSPS) is 16.9. The zero-order chi connectivity index (χ0) is 14.4. The number of rotatable bonds is 5. The molecule has 2 heterocycles. The number of piperidine rings is 1. The first-order valence-corrected chi connectivity index (χ1v) is 7.00. The Morgan fingerprint density at radius 1 is 1.40 bits per heavy atom. The second kappa shape index (κ2) is 7.19. The number of nitrogens with one attached hydrogen (secondary N) is 1. The standard InChI is InChI=1S/C14H22N4O2/c1-18-7-5-12(6-8-18)17-13(19)4-3-11-9-15-14(20-2)16-10-11/h9-10,12H,3-8H2,1-2H3,(H,17,19). The first kappa shape index (κ1) is 14.7. The molecule has 6 heteroatoms. The number of ether oxygens (including phenoxy) is 1. The molecule has 0 unspecified atom stereocenters. The molecule has 0 aliphatic carbocycles. The summed E-state index contributed by atoms with van der Waals surface area (Å²) in [7, 11) is 3.64. The average Bonchev–Trinajstić information content (AvgIpc) is 2.48. The number of hydrogen-bond acceptors (Lipinski definition) is 5. The van der Waals surface area contributed by atoms with Gasteiger partial charge in [0.05, 0.1) is 7.11 Å². The third kappa shape index (κ3) is 4.45. The Balaban J connectivity index is 1.71. The number of methoxy groups -OCH3 is 1. The molecule has 1 aromatic heterocycles. The average molecular weight is 278 g/mol. The van der Waals surface area contributed by atoms with Gasteiger partial charge in [-0.1, -0.05) is 0 Å². The SMILES string of the molecule is COc1ncc(CCC(=O)NC2CCN(C)CC2)cn1. The summed E-state index contributed by atoms with van der Waals surface area (Å²) in [6.45, 7) is 2.11. The molecule has 0 bridgehead atoms. The monoisotopic (exact) mass is 278 g/mol. The number of aromatic nitrogens is 2. The molecule has 0 aromatic carbocycles. The molecule has 2 rings (SSSR count). The highest BCUT2D eigenvalue weighted by molar-refractivity contribution is 5.76. The predicted octanol–water partition coefficient (Wildman–Crippen LogP) is 0.628. The fourth-order valence-corrected chi connectivity index (χ4v) is 2.29. The summed E-state index contributed by atoms with van der Waals surface area (Å²) in [5, 5.41) is 3.10. The van der Waals surface area contributed by atoms with Crippen molar-refractivity contribution in [2.75, 3.05) is 27.2 Å². The van der Waals surface area contributed by atoms with Crippen LogP contribution in [0.5, 0.6) is 6.01 Å². The van der Waals surface area contributed by atoms with E-state index in [4.69, 9.17) is 4.74 Å². The van der Waals surface area contributed by atoms with Crippen molar-refractivity contribution in [2.45, 2.75) is 31.7 Å². The van der Waals surface area contributed by atoms with Crippen molar-refractivity contribution in [1.82, 2.24) is 20.2 Å². The van der Waals surface area contributed by atoms with E-state index in [1.54, 1.807) is 12.4 Å². The fraction of sp³-hybridized carbons (Fsp3) is 0.643. The maximum Gasteiger partial charge on any atom is 0.316 e.